The Labute approximate surface area is 248 Å². The van der Waals surface area contributed by atoms with E-state index in [2.05, 4.69) is 0 Å². The van der Waals surface area contributed by atoms with Crippen LogP contribution in [0, 0.1) is 6.92 Å². The molecule has 42 heavy (non-hydrogen) atoms. The summed E-state index contributed by atoms with van der Waals surface area (Å²) in [5, 5.41) is 0. The molecule has 0 spiro atoms. The first kappa shape index (κ1) is 33.3. The van der Waals surface area contributed by atoms with E-state index in [4.69, 9.17) is 27.9 Å². The van der Waals surface area contributed by atoms with Crippen LogP contribution in [-0.2, 0) is 44.5 Å². The van der Waals surface area contributed by atoms with Gasteiger partial charge in [0.05, 0.1) is 25.1 Å². The smallest absolute Gasteiger partial charge is 0.333 e. The molecule has 3 fully saturated rings. The Morgan fingerprint density at radius 2 is 1.74 bits per heavy atom. The molecule has 240 valence electrons. The second-order valence-corrected chi connectivity index (χ2v) is 13.5. The first-order chi connectivity index (χ1) is 20.1. The molecular formula is C29H48N2O10S. The highest BCUT2D eigenvalue weighted by molar-refractivity contribution is 7.85. The van der Waals surface area contributed by atoms with Crippen LogP contribution in [0.5, 0.6) is 0 Å². The summed E-state index contributed by atoms with van der Waals surface area (Å²) in [4.78, 5) is 26.5. The Balaban J connectivity index is 1.57. The van der Waals surface area contributed by atoms with E-state index in [-0.39, 0.29) is 19.3 Å². The third-order valence-corrected chi connectivity index (χ3v) is 9.19. The van der Waals surface area contributed by atoms with Gasteiger partial charge in [0, 0.05) is 51.8 Å². The van der Waals surface area contributed by atoms with Gasteiger partial charge in [-0.25, -0.2) is 4.79 Å². The third-order valence-electron chi connectivity index (χ3n) is 8.60. The van der Waals surface area contributed by atoms with Crippen molar-refractivity contribution >= 4 is 10.1 Å². The Morgan fingerprint density at radius 1 is 1.05 bits per heavy atom. The topological polar surface area (TPSA) is 134 Å². The highest BCUT2D eigenvalue weighted by atomic mass is 32.2. The number of nitrogens with zero attached hydrogens (tertiary/aromatic N) is 2. The van der Waals surface area contributed by atoms with Gasteiger partial charge in [0.15, 0.2) is 12.1 Å². The summed E-state index contributed by atoms with van der Waals surface area (Å²) >= 11 is 0. The average Bonchev–Trinajstić information content (AvgIpc) is 3.38. The molecule has 0 aromatic carbocycles. The lowest BCUT2D eigenvalue weighted by molar-refractivity contribution is -0.291. The zero-order valence-electron chi connectivity index (χ0n) is 25.5. The van der Waals surface area contributed by atoms with Gasteiger partial charge in [0.1, 0.15) is 12.3 Å². The second kappa shape index (κ2) is 14.9. The van der Waals surface area contributed by atoms with Gasteiger partial charge in [0.25, 0.3) is 15.7 Å². The lowest BCUT2D eigenvalue weighted by atomic mass is 9.93. The van der Waals surface area contributed by atoms with Crippen LogP contribution in [-0.4, -0.2) is 75.0 Å². The first-order valence-electron chi connectivity index (χ1n) is 15.3. The molecule has 4 atom stereocenters. The average molecular weight is 617 g/mol. The number of ether oxygens (including phenoxy) is 5. The maximum absolute atomic E-state index is 13.6. The fourth-order valence-electron chi connectivity index (χ4n) is 6.33. The van der Waals surface area contributed by atoms with Crippen LogP contribution < -0.4 is 11.2 Å². The van der Waals surface area contributed by atoms with E-state index in [9.17, 15) is 18.0 Å². The van der Waals surface area contributed by atoms with E-state index >= 15 is 0 Å². The number of aryl methyl sites for hydroxylation is 1. The summed E-state index contributed by atoms with van der Waals surface area (Å²) in [6.45, 7) is 1.77. The molecule has 4 rings (SSSR count). The van der Waals surface area contributed by atoms with Crippen molar-refractivity contribution in [3.8, 4) is 0 Å². The zero-order chi connectivity index (χ0) is 30.3. The van der Waals surface area contributed by atoms with Crippen molar-refractivity contribution < 1.29 is 36.3 Å². The molecule has 0 bridgehead atoms. The van der Waals surface area contributed by atoms with Gasteiger partial charge in [-0.2, -0.15) is 8.42 Å². The van der Waals surface area contributed by atoms with Gasteiger partial charge in [-0.05, 0) is 45.4 Å². The minimum absolute atomic E-state index is 0.0132. The van der Waals surface area contributed by atoms with E-state index < -0.39 is 51.9 Å². The van der Waals surface area contributed by atoms with Crippen LogP contribution in [0.3, 0.4) is 0 Å². The SMILES string of the molecule is COC(OC1CCCCC1)C1OC(n2cc(C)c(=O)n(CCCCOS(C)(=O)=O)c2=O)CC1OC1(OC)CCCCC1. The van der Waals surface area contributed by atoms with Gasteiger partial charge in [-0.3, -0.25) is 18.1 Å². The molecule has 2 heterocycles. The molecule has 1 saturated heterocycles. The van der Waals surface area contributed by atoms with Gasteiger partial charge >= 0.3 is 5.69 Å². The molecule has 13 heteroatoms. The summed E-state index contributed by atoms with van der Waals surface area (Å²) in [7, 11) is -0.283. The van der Waals surface area contributed by atoms with Crippen LogP contribution in [0.1, 0.15) is 95.3 Å². The number of hydrogen-bond donors (Lipinski definition) is 0. The second-order valence-electron chi connectivity index (χ2n) is 11.8. The van der Waals surface area contributed by atoms with Gasteiger partial charge in [0.2, 0.25) is 0 Å². The van der Waals surface area contributed by atoms with E-state index in [1.165, 1.54) is 21.8 Å². The molecule has 0 amide bonds. The fourth-order valence-corrected chi connectivity index (χ4v) is 6.75. The highest BCUT2D eigenvalue weighted by Crippen LogP contribution is 2.40. The largest absolute Gasteiger partial charge is 0.353 e. The quantitative estimate of drug-likeness (QED) is 0.174. The van der Waals surface area contributed by atoms with Crippen molar-refractivity contribution in [1.29, 1.82) is 0 Å². The first-order valence-corrected chi connectivity index (χ1v) is 17.1. The molecule has 0 N–H and O–H groups in total. The van der Waals surface area contributed by atoms with E-state index in [0.717, 1.165) is 64.0 Å². The Kier molecular flexibility index (Phi) is 11.8. The minimum Gasteiger partial charge on any atom is -0.353 e. The third kappa shape index (κ3) is 8.52. The zero-order valence-corrected chi connectivity index (χ0v) is 26.3. The van der Waals surface area contributed by atoms with Gasteiger partial charge < -0.3 is 23.7 Å². The predicted molar refractivity (Wildman–Crippen MR) is 155 cm³/mol. The molecule has 0 radical (unpaired) electrons. The number of methoxy groups -OCH3 is 2. The molecule has 1 aromatic heterocycles. The van der Waals surface area contributed by atoms with Crippen molar-refractivity contribution in [3.63, 3.8) is 0 Å². The maximum Gasteiger partial charge on any atom is 0.333 e. The molecule has 3 aliphatic rings. The molecule has 1 aliphatic heterocycles. The summed E-state index contributed by atoms with van der Waals surface area (Å²) in [5.41, 5.74) is -0.493. The number of rotatable bonds is 14. The number of hydrogen-bond acceptors (Lipinski definition) is 10. The Bertz CT molecular complexity index is 1230. The van der Waals surface area contributed by atoms with Crippen LogP contribution in [0.2, 0.25) is 0 Å². The van der Waals surface area contributed by atoms with Gasteiger partial charge in [-0.15, -0.1) is 0 Å². The van der Waals surface area contributed by atoms with E-state index in [1.54, 1.807) is 21.1 Å². The van der Waals surface area contributed by atoms with Crippen LogP contribution in [0.15, 0.2) is 15.8 Å². The van der Waals surface area contributed by atoms with Crippen LogP contribution in [0.25, 0.3) is 0 Å². The molecule has 2 aliphatic carbocycles. The predicted octanol–water partition coefficient (Wildman–Crippen LogP) is 3.38. The van der Waals surface area contributed by atoms with Crippen LogP contribution in [0.4, 0.5) is 0 Å². The maximum atomic E-state index is 13.6. The standard InChI is InChI=1S/C29H48N2O10S/c1-21-20-31(28(33)30(26(21)32)17-11-12-18-38-42(4,34)35)24-19-23(41-29(37-3)15-9-6-10-16-29)25(40-24)27(36-2)39-22-13-7-5-8-14-22/h20,22-25,27H,5-19H2,1-4H3. The fraction of sp³-hybridized carbons (Fsp3) is 0.862. The van der Waals surface area contributed by atoms with Gasteiger partial charge in [-0.1, -0.05) is 25.7 Å². The summed E-state index contributed by atoms with van der Waals surface area (Å²) in [6, 6.07) is 0. The number of aromatic nitrogens is 2. The van der Waals surface area contributed by atoms with Crippen LogP contribution >= 0.6 is 0 Å². The lowest BCUT2D eigenvalue weighted by Gasteiger charge is -2.40. The van der Waals surface area contributed by atoms with Crippen molar-refractivity contribution in [3.05, 3.63) is 32.6 Å². The highest BCUT2D eigenvalue weighted by Gasteiger charge is 2.48. The van der Waals surface area contributed by atoms with Crippen molar-refractivity contribution in [2.24, 2.45) is 0 Å². The van der Waals surface area contributed by atoms with Crippen molar-refractivity contribution in [2.75, 3.05) is 27.1 Å². The Morgan fingerprint density at radius 3 is 2.38 bits per heavy atom. The van der Waals surface area contributed by atoms with E-state index in [0.29, 0.717) is 24.8 Å². The summed E-state index contributed by atoms with van der Waals surface area (Å²) in [6.07, 6.45) is 11.2. The summed E-state index contributed by atoms with van der Waals surface area (Å²) < 4.78 is 61.3. The molecule has 1 aromatic rings. The minimum atomic E-state index is -3.55. The normalized spacial score (nSPS) is 26.0. The summed E-state index contributed by atoms with van der Waals surface area (Å²) in [5.74, 6) is -0.740. The lowest BCUT2D eigenvalue weighted by Crippen LogP contribution is -2.47. The number of unbranched alkanes of at least 4 members (excludes halogenated alkanes) is 1. The molecule has 4 unspecified atom stereocenters. The molecular weight excluding hydrogens is 568 g/mol. The Hall–Kier alpha value is -1.61. The molecule has 12 nitrogen and oxygen atoms in total. The van der Waals surface area contributed by atoms with Crippen molar-refractivity contribution in [1.82, 2.24) is 9.13 Å². The van der Waals surface area contributed by atoms with Crippen molar-refractivity contribution in [2.45, 2.75) is 134 Å². The monoisotopic (exact) mass is 616 g/mol. The van der Waals surface area contributed by atoms with E-state index in [1.807, 2.05) is 0 Å². The molecule has 2 saturated carbocycles.